The van der Waals surface area contributed by atoms with E-state index in [0.29, 0.717) is 18.3 Å². The summed E-state index contributed by atoms with van der Waals surface area (Å²) in [6, 6.07) is 23.7. The first-order valence-corrected chi connectivity index (χ1v) is 10.2. The molecule has 0 radical (unpaired) electrons. The number of nitrogens with one attached hydrogen (secondary N) is 1. The number of aromatic nitrogens is 2. The highest BCUT2D eigenvalue weighted by Gasteiger charge is 2.15. The van der Waals surface area contributed by atoms with Crippen LogP contribution in [0.5, 0.6) is 0 Å². The molecule has 6 heteroatoms. The van der Waals surface area contributed by atoms with E-state index in [0.717, 1.165) is 33.4 Å². The van der Waals surface area contributed by atoms with Gasteiger partial charge in [0.25, 0.3) is 0 Å². The molecular formula is C25H25N3O3. The lowest BCUT2D eigenvalue weighted by atomic mass is 9.96. The number of aliphatic hydroxyl groups is 2. The summed E-state index contributed by atoms with van der Waals surface area (Å²) in [6.45, 7) is 2.33. The van der Waals surface area contributed by atoms with E-state index in [1.165, 1.54) is 0 Å². The van der Waals surface area contributed by atoms with Gasteiger partial charge in [0.2, 0.25) is 11.8 Å². The van der Waals surface area contributed by atoms with Gasteiger partial charge in [-0.05, 0) is 47.4 Å². The van der Waals surface area contributed by atoms with Crippen molar-refractivity contribution in [3.05, 3.63) is 83.9 Å². The maximum atomic E-state index is 9.21. The van der Waals surface area contributed by atoms with Crippen molar-refractivity contribution in [2.24, 2.45) is 0 Å². The zero-order valence-electron chi connectivity index (χ0n) is 17.3. The summed E-state index contributed by atoms with van der Waals surface area (Å²) in [7, 11) is 0. The third kappa shape index (κ3) is 4.72. The van der Waals surface area contributed by atoms with Gasteiger partial charge in [0.1, 0.15) is 0 Å². The summed E-state index contributed by atoms with van der Waals surface area (Å²) < 4.78 is 6.03. The molecule has 4 rings (SSSR count). The zero-order valence-corrected chi connectivity index (χ0v) is 17.3. The van der Waals surface area contributed by atoms with Crippen LogP contribution in [-0.2, 0) is 6.54 Å². The summed E-state index contributed by atoms with van der Waals surface area (Å²) in [5.74, 6) is 0.927. The van der Waals surface area contributed by atoms with Gasteiger partial charge < -0.3 is 19.9 Å². The Bertz CT molecular complexity index is 1140. The molecule has 4 aromatic rings. The van der Waals surface area contributed by atoms with Gasteiger partial charge in [-0.1, -0.05) is 54.6 Å². The van der Waals surface area contributed by atoms with E-state index >= 15 is 0 Å². The van der Waals surface area contributed by atoms with Crippen LogP contribution in [0.15, 0.2) is 77.2 Å². The Hall–Kier alpha value is -3.32. The van der Waals surface area contributed by atoms with Crippen molar-refractivity contribution in [2.75, 3.05) is 13.2 Å². The third-order valence-corrected chi connectivity index (χ3v) is 5.28. The quantitative estimate of drug-likeness (QED) is 0.405. The summed E-state index contributed by atoms with van der Waals surface area (Å²) in [4.78, 5) is 0. The highest BCUT2D eigenvalue weighted by Crippen LogP contribution is 2.32. The number of benzene rings is 3. The van der Waals surface area contributed by atoms with E-state index in [1.807, 2.05) is 54.6 Å². The van der Waals surface area contributed by atoms with Crippen LogP contribution in [0.1, 0.15) is 11.1 Å². The van der Waals surface area contributed by atoms with Crippen LogP contribution in [0.2, 0.25) is 0 Å². The Labute approximate surface area is 181 Å². The standard InChI is InChI=1S/C25H25N3O3/c1-17-22(19-8-3-2-4-9-19)11-6-12-23(17)25-28-27-24(31-25)20-10-5-7-18(13-20)14-26-21(15-29)16-30/h2-13,21,26,29-30H,14-16H2,1H3. The molecule has 0 amide bonds. The molecule has 0 unspecified atom stereocenters. The second kappa shape index (κ2) is 9.66. The van der Waals surface area contributed by atoms with Crippen molar-refractivity contribution in [1.29, 1.82) is 0 Å². The molecular weight excluding hydrogens is 390 g/mol. The van der Waals surface area contributed by atoms with Gasteiger partial charge in [-0.15, -0.1) is 10.2 Å². The first kappa shape index (κ1) is 20.9. The van der Waals surface area contributed by atoms with Crippen LogP contribution >= 0.6 is 0 Å². The Morgan fingerprint density at radius 1 is 0.806 bits per heavy atom. The van der Waals surface area contributed by atoms with Crippen molar-refractivity contribution in [2.45, 2.75) is 19.5 Å². The van der Waals surface area contributed by atoms with E-state index in [4.69, 9.17) is 4.42 Å². The van der Waals surface area contributed by atoms with Gasteiger partial charge in [-0.25, -0.2) is 0 Å². The van der Waals surface area contributed by atoms with Crippen LogP contribution in [-0.4, -0.2) is 39.7 Å². The van der Waals surface area contributed by atoms with Gasteiger partial charge in [-0.3, -0.25) is 0 Å². The number of aliphatic hydroxyl groups excluding tert-OH is 2. The van der Waals surface area contributed by atoms with Crippen molar-refractivity contribution < 1.29 is 14.6 Å². The maximum Gasteiger partial charge on any atom is 0.248 e. The summed E-state index contributed by atoms with van der Waals surface area (Å²) in [6.07, 6.45) is 0. The fraction of sp³-hybridized carbons (Fsp3) is 0.200. The van der Waals surface area contributed by atoms with Crippen molar-refractivity contribution in [3.8, 4) is 34.0 Å². The second-order valence-corrected chi connectivity index (χ2v) is 7.40. The van der Waals surface area contributed by atoms with Crippen LogP contribution in [0.4, 0.5) is 0 Å². The molecule has 0 aliphatic heterocycles. The molecule has 0 saturated carbocycles. The van der Waals surface area contributed by atoms with Crippen LogP contribution in [0.25, 0.3) is 34.0 Å². The highest BCUT2D eigenvalue weighted by atomic mass is 16.4. The molecule has 0 aliphatic rings. The zero-order chi connectivity index (χ0) is 21.6. The number of hydrogen-bond acceptors (Lipinski definition) is 6. The molecule has 0 fully saturated rings. The summed E-state index contributed by atoms with van der Waals surface area (Å²) >= 11 is 0. The number of nitrogens with zero attached hydrogens (tertiary/aromatic N) is 2. The molecule has 0 spiro atoms. The lowest BCUT2D eigenvalue weighted by molar-refractivity contribution is 0.170. The highest BCUT2D eigenvalue weighted by molar-refractivity contribution is 5.75. The fourth-order valence-corrected chi connectivity index (χ4v) is 3.51. The van der Waals surface area contributed by atoms with Crippen molar-refractivity contribution in [1.82, 2.24) is 15.5 Å². The van der Waals surface area contributed by atoms with Crippen LogP contribution < -0.4 is 5.32 Å². The Kier molecular flexibility index (Phi) is 6.52. The van der Waals surface area contributed by atoms with E-state index in [2.05, 4.69) is 40.6 Å². The van der Waals surface area contributed by atoms with Crippen LogP contribution in [0, 0.1) is 6.92 Å². The monoisotopic (exact) mass is 415 g/mol. The van der Waals surface area contributed by atoms with E-state index in [1.54, 1.807) is 0 Å². The maximum absolute atomic E-state index is 9.21. The van der Waals surface area contributed by atoms with E-state index in [-0.39, 0.29) is 19.3 Å². The lowest BCUT2D eigenvalue weighted by Crippen LogP contribution is -2.35. The Morgan fingerprint density at radius 3 is 2.26 bits per heavy atom. The topological polar surface area (TPSA) is 91.4 Å². The molecule has 3 aromatic carbocycles. The minimum absolute atomic E-state index is 0.120. The molecule has 1 heterocycles. The lowest BCUT2D eigenvalue weighted by Gasteiger charge is -2.13. The predicted octanol–water partition coefficient (Wildman–Crippen LogP) is 3.82. The van der Waals surface area contributed by atoms with E-state index in [9.17, 15) is 10.2 Å². The average molecular weight is 415 g/mol. The largest absolute Gasteiger partial charge is 0.416 e. The first-order chi connectivity index (χ1) is 15.2. The fourth-order valence-electron chi connectivity index (χ4n) is 3.51. The number of hydrogen-bond donors (Lipinski definition) is 3. The van der Waals surface area contributed by atoms with Crippen molar-refractivity contribution in [3.63, 3.8) is 0 Å². The van der Waals surface area contributed by atoms with Gasteiger partial charge in [0.05, 0.1) is 19.3 Å². The molecule has 6 nitrogen and oxygen atoms in total. The molecule has 3 N–H and O–H groups in total. The van der Waals surface area contributed by atoms with Gasteiger partial charge >= 0.3 is 0 Å². The summed E-state index contributed by atoms with van der Waals surface area (Å²) in [5, 5.41) is 30.1. The first-order valence-electron chi connectivity index (χ1n) is 10.2. The summed E-state index contributed by atoms with van der Waals surface area (Å²) in [5.41, 5.74) is 6.08. The Balaban J connectivity index is 1.59. The van der Waals surface area contributed by atoms with Crippen molar-refractivity contribution >= 4 is 0 Å². The molecule has 0 aliphatic carbocycles. The minimum Gasteiger partial charge on any atom is -0.416 e. The third-order valence-electron chi connectivity index (χ3n) is 5.28. The molecule has 0 atom stereocenters. The van der Waals surface area contributed by atoms with Gasteiger partial charge in [0.15, 0.2) is 0 Å². The molecule has 158 valence electrons. The SMILES string of the molecule is Cc1c(-c2ccccc2)cccc1-c1nnc(-c2cccc(CNC(CO)CO)c2)o1. The normalized spacial score (nSPS) is 11.2. The Morgan fingerprint density at radius 2 is 1.48 bits per heavy atom. The minimum atomic E-state index is -0.349. The molecule has 0 bridgehead atoms. The average Bonchev–Trinajstić information content (AvgIpc) is 3.31. The van der Waals surface area contributed by atoms with Gasteiger partial charge in [-0.2, -0.15) is 0 Å². The molecule has 31 heavy (non-hydrogen) atoms. The van der Waals surface area contributed by atoms with E-state index < -0.39 is 0 Å². The molecule has 1 aromatic heterocycles. The van der Waals surface area contributed by atoms with Gasteiger partial charge in [0, 0.05) is 17.7 Å². The molecule has 0 saturated heterocycles. The second-order valence-electron chi connectivity index (χ2n) is 7.40. The van der Waals surface area contributed by atoms with Crippen LogP contribution in [0.3, 0.4) is 0 Å². The smallest absolute Gasteiger partial charge is 0.248 e. The number of rotatable bonds is 8. The predicted molar refractivity (Wildman–Crippen MR) is 120 cm³/mol.